The maximum absolute atomic E-state index is 12.7. The van der Waals surface area contributed by atoms with Crippen LogP contribution in [-0.4, -0.2) is 57.8 Å². The largest absolute Gasteiger partial charge is 0.507 e. The highest BCUT2D eigenvalue weighted by atomic mass is 127. The molecule has 0 radical (unpaired) electrons. The average molecular weight is 512 g/mol. The Morgan fingerprint density at radius 1 is 1.28 bits per heavy atom. The monoisotopic (exact) mass is 512 g/mol. The quantitative estimate of drug-likeness (QED) is 0.373. The molecule has 0 aliphatic carbocycles. The van der Waals surface area contributed by atoms with E-state index in [4.69, 9.17) is 4.99 Å². The zero-order valence-electron chi connectivity index (χ0n) is 17.3. The number of rotatable bonds is 4. The number of phenols is 1. The molecule has 2 N–H and O–H groups in total. The third-order valence-electron chi connectivity index (χ3n) is 4.82. The summed E-state index contributed by atoms with van der Waals surface area (Å²) in [6.45, 7) is 8.55. The van der Waals surface area contributed by atoms with E-state index in [9.17, 15) is 9.90 Å². The van der Waals surface area contributed by atoms with Gasteiger partial charge in [-0.3, -0.25) is 9.48 Å². The lowest BCUT2D eigenvalue weighted by Gasteiger charge is -2.35. The van der Waals surface area contributed by atoms with Crippen molar-refractivity contribution in [3.05, 3.63) is 41.2 Å². The fourth-order valence-electron chi connectivity index (χ4n) is 3.40. The molecule has 2 heterocycles. The second-order valence-corrected chi connectivity index (χ2v) is 7.09. The molecular weight excluding hydrogens is 483 g/mol. The van der Waals surface area contributed by atoms with Crippen LogP contribution in [0.5, 0.6) is 5.75 Å². The molecule has 0 bridgehead atoms. The molecule has 1 fully saturated rings. The number of halogens is 1. The van der Waals surface area contributed by atoms with Crippen LogP contribution in [0, 0.1) is 13.8 Å². The normalized spacial score (nSPS) is 14.8. The van der Waals surface area contributed by atoms with Crippen LogP contribution in [0.2, 0.25) is 0 Å². The number of aromatic nitrogens is 2. The second kappa shape index (κ2) is 9.95. The summed E-state index contributed by atoms with van der Waals surface area (Å²) in [7, 11) is 1.84. The topological polar surface area (TPSA) is 86.0 Å². The van der Waals surface area contributed by atoms with Crippen molar-refractivity contribution in [3.8, 4) is 5.75 Å². The van der Waals surface area contributed by atoms with Crippen molar-refractivity contribution in [2.24, 2.45) is 12.0 Å². The van der Waals surface area contributed by atoms with Gasteiger partial charge in [0, 0.05) is 32.9 Å². The third-order valence-corrected chi connectivity index (χ3v) is 4.82. The molecule has 9 heteroatoms. The van der Waals surface area contributed by atoms with E-state index in [1.807, 2.05) is 51.0 Å². The van der Waals surface area contributed by atoms with Crippen LogP contribution in [0.4, 0.5) is 5.69 Å². The number of amides is 1. The molecule has 3 rings (SSSR count). The summed E-state index contributed by atoms with van der Waals surface area (Å²) >= 11 is 0. The first-order chi connectivity index (χ1) is 13.4. The van der Waals surface area contributed by atoms with Gasteiger partial charge in [0.25, 0.3) is 0 Å². The molecule has 1 aliphatic rings. The van der Waals surface area contributed by atoms with E-state index in [1.165, 1.54) is 0 Å². The molecule has 0 spiro atoms. The number of hydrogen-bond acceptors (Lipinski definition) is 4. The highest BCUT2D eigenvalue weighted by Gasteiger charge is 2.27. The van der Waals surface area contributed by atoms with Crippen molar-refractivity contribution in [2.45, 2.75) is 27.3 Å². The van der Waals surface area contributed by atoms with E-state index in [1.54, 1.807) is 15.8 Å². The molecule has 2 aromatic rings. The number of aliphatic imine (C=N–C) groups is 1. The molecule has 8 nitrogen and oxygen atoms in total. The van der Waals surface area contributed by atoms with E-state index in [0.717, 1.165) is 34.9 Å². The van der Waals surface area contributed by atoms with Crippen molar-refractivity contribution in [2.75, 3.05) is 31.1 Å². The zero-order valence-corrected chi connectivity index (χ0v) is 19.7. The van der Waals surface area contributed by atoms with E-state index in [-0.39, 0.29) is 36.4 Å². The number of nitrogens with one attached hydrogen (secondary N) is 1. The van der Waals surface area contributed by atoms with Crippen LogP contribution < -0.4 is 10.2 Å². The predicted molar refractivity (Wildman–Crippen MR) is 125 cm³/mol. The SMILES string of the molecule is CCNC(=NCc1cc(C)c(O)c(C)c1)N1CCN(c2cnn(C)c2)C(=O)C1.I. The Bertz CT molecular complexity index is 872. The number of aromatic hydroxyl groups is 1. The second-order valence-electron chi connectivity index (χ2n) is 7.09. The minimum absolute atomic E-state index is 0. The Labute approximate surface area is 188 Å². The molecule has 0 saturated carbocycles. The van der Waals surface area contributed by atoms with Crippen molar-refractivity contribution < 1.29 is 9.90 Å². The summed E-state index contributed by atoms with van der Waals surface area (Å²) < 4.78 is 1.70. The minimum atomic E-state index is 0. The number of piperazine rings is 1. The number of phenolic OH excluding ortho intramolecular Hbond substituents is 1. The molecule has 1 saturated heterocycles. The van der Waals surface area contributed by atoms with Gasteiger partial charge in [0.15, 0.2) is 5.96 Å². The standard InChI is InChI=1S/C20H28N6O2.HI/c1-5-21-20(22-10-16-8-14(2)19(28)15(3)9-16)25-6-7-26(18(27)13-25)17-11-23-24(4)12-17;/h8-9,11-12,28H,5-7,10,13H2,1-4H3,(H,21,22);1H. The number of carbonyl (C=O) groups excluding carboxylic acids is 1. The summed E-state index contributed by atoms with van der Waals surface area (Å²) in [6.07, 6.45) is 3.56. The fourth-order valence-corrected chi connectivity index (χ4v) is 3.40. The summed E-state index contributed by atoms with van der Waals surface area (Å²) in [4.78, 5) is 21.1. The Morgan fingerprint density at radius 3 is 2.52 bits per heavy atom. The summed E-state index contributed by atoms with van der Waals surface area (Å²) in [5.41, 5.74) is 3.54. The lowest BCUT2D eigenvalue weighted by molar-refractivity contribution is -0.120. The number of aryl methyl sites for hydroxylation is 3. The molecule has 0 unspecified atom stereocenters. The minimum Gasteiger partial charge on any atom is -0.507 e. The first kappa shape index (κ1) is 23.0. The van der Waals surface area contributed by atoms with Crippen LogP contribution >= 0.6 is 24.0 Å². The van der Waals surface area contributed by atoms with E-state index >= 15 is 0 Å². The van der Waals surface area contributed by atoms with E-state index < -0.39 is 0 Å². The van der Waals surface area contributed by atoms with Crippen LogP contribution in [0.15, 0.2) is 29.5 Å². The number of anilines is 1. The van der Waals surface area contributed by atoms with Gasteiger partial charge in [-0.05, 0) is 37.5 Å². The van der Waals surface area contributed by atoms with Gasteiger partial charge >= 0.3 is 0 Å². The maximum Gasteiger partial charge on any atom is 0.246 e. The highest BCUT2D eigenvalue weighted by molar-refractivity contribution is 14.0. The summed E-state index contributed by atoms with van der Waals surface area (Å²) in [6, 6.07) is 3.89. The first-order valence-electron chi connectivity index (χ1n) is 9.50. The maximum atomic E-state index is 12.7. The average Bonchev–Trinajstić information content (AvgIpc) is 3.09. The summed E-state index contributed by atoms with van der Waals surface area (Å²) in [5.74, 6) is 1.09. The molecule has 1 amide bonds. The Kier molecular flexibility index (Phi) is 7.88. The molecule has 0 atom stereocenters. The Balaban J connectivity index is 0.00000300. The molecule has 1 aliphatic heterocycles. The number of benzene rings is 1. The van der Waals surface area contributed by atoms with Crippen molar-refractivity contribution >= 4 is 41.5 Å². The smallest absolute Gasteiger partial charge is 0.246 e. The van der Waals surface area contributed by atoms with Gasteiger partial charge in [0.05, 0.1) is 18.4 Å². The zero-order chi connectivity index (χ0) is 20.3. The number of guanidine groups is 1. The van der Waals surface area contributed by atoms with Crippen LogP contribution in [0.3, 0.4) is 0 Å². The lowest BCUT2D eigenvalue weighted by Crippen LogP contribution is -2.55. The number of nitrogens with zero attached hydrogens (tertiary/aromatic N) is 5. The van der Waals surface area contributed by atoms with Gasteiger partial charge in [0.1, 0.15) is 12.3 Å². The highest BCUT2D eigenvalue weighted by Crippen LogP contribution is 2.23. The van der Waals surface area contributed by atoms with Crippen LogP contribution in [0.1, 0.15) is 23.6 Å². The van der Waals surface area contributed by atoms with Gasteiger partial charge in [-0.1, -0.05) is 12.1 Å². The summed E-state index contributed by atoms with van der Waals surface area (Å²) in [5, 5.41) is 17.4. The van der Waals surface area contributed by atoms with Crippen LogP contribution in [0.25, 0.3) is 0 Å². The molecular formula is C20H29IN6O2. The van der Waals surface area contributed by atoms with Crippen molar-refractivity contribution in [1.82, 2.24) is 20.0 Å². The first-order valence-corrected chi connectivity index (χ1v) is 9.50. The number of carbonyl (C=O) groups is 1. The van der Waals surface area contributed by atoms with Gasteiger partial charge in [-0.2, -0.15) is 5.10 Å². The van der Waals surface area contributed by atoms with Gasteiger partial charge < -0.3 is 20.2 Å². The van der Waals surface area contributed by atoms with Crippen LogP contribution in [-0.2, 0) is 18.4 Å². The number of hydrogen-bond donors (Lipinski definition) is 2. The van der Waals surface area contributed by atoms with E-state index in [0.29, 0.717) is 25.4 Å². The fraction of sp³-hybridized carbons (Fsp3) is 0.450. The predicted octanol–water partition coefficient (Wildman–Crippen LogP) is 2.17. The molecule has 29 heavy (non-hydrogen) atoms. The molecule has 158 valence electrons. The van der Waals surface area contributed by atoms with Gasteiger partial charge in [0.2, 0.25) is 5.91 Å². The third kappa shape index (κ3) is 5.40. The van der Waals surface area contributed by atoms with Gasteiger partial charge in [-0.25, -0.2) is 4.99 Å². The molecule has 1 aromatic heterocycles. The lowest BCUT2D eigenvalue weighted by atomic mass is 10.1. The Morgan fingerprint density at radius 2 is 1.97 bits per heavy atom. The van der Waals surface area contributed by atoms with E-state index in [2.05, 4.69) is 10.4 Å². The van der Waals surface area contributed by atoms with Gasteiger partial charge in [-0.15, -0.1) is 24.0 Å². The molecule has 1 aromatic carbocycles. The van der Waals surface area contributed by atoms with Crippen molar-refractivity contribution in [3.63, 3.8) is 0 Å². The van der Waals surface area contributed by atoms with Crippen molar-refractivity contribution in [1.29, 1.82) is 0 Å². The Hall–Kier alpha value is -2.30.